The van der Waals surface area contributed by atoms with E-state index < -0.39 is 0 Å². The largest absolute Gasteiger partial charge is 0.497 e. The van der Waals surface area contributed by atoms with Gasteiger partial charge in [0, 0.05) is 42.5 Å². The van der Waals surface area contributed by atoms with E-state index in [1.165, 1.54) is 5.56 Å². The minimum absolute atomic E-state index is 0.0950. The third-order valence-corrected chi connectivity index (χ3v) is 4.84. The van der Waals surface area contributed by atoms with Gasteiger partial charge in [0.2, 0.25) is 0 Å². The second-order valence-corrected chi connectivity index (χ2v) is 6.99. The zero-order valence-corrected chi connectivity index (χ0v) is 16.6. The molecule has 0 aliphatic heterocycles. The quantitative estimate of drug-likeness (QED) is 0.541. The van der Waals surface area contributed by atoms with Gasteiger partial charge in [-0.15, -0.1) is 0 Å². The van der Waals surface area contributed by atoms with Crippen molar-refractivity contribution in [3.63, 3.8) is 0 Å². The molecule has 4 rings (SSSR count). The fourth-order valence-corrected chi connectivity index (χ4v) is 3.09. The number of rotatable bonds is 6. The van der Waals surface area contributed by atoms with E-state index in [2.05, 4.69) is 15.1 Å². The van der Waals surface area contributed by atoms with E-state index in [9.17, 15) is 4.79 Å². The van der Waals surface area contributed by atoms with Gasteiger partial charge in [-0.2, -0.15) is 4.98 Å². The number of hydrogen-bond acceptors (Lipinski definition) is 5. The lowest BCUT2D eigenvalue weighted by atomic mass is 10.1. The average Bonchev–Trinajstić information content (AvgIpc) is 3.38. The van der Waals surface area contributed by atoms with Gasteiger partial charge in [0.1, 0.15) is 11.4 Å². The standard InChI is InChI=1S/C22H22N4O3/c1-14-4-6-15(7-5-14)21-24-20(25-29-21)10-11-26(2)22(27)19-12-16-8-9-17(28-3)13-18(16)23-19/h4-9,12-13,23H,10-11H2,1-3H3. The molecule has 0 bridgehead atoms. The van der Waals surface area contributed by atoms with E-state index in [0.29, 0.717) is 30.4 Å². The van der Waals surface area contributed by atoms with Crippen molar-refractivity contribution in [2.24, 2.45) is 0 Å². The van der Waals surface area contributed by atoms with Crippen molar-refractivity contribution >= 4 is 16.8 Å². The number of aromatic amines is 1. The summed E-state index contributed by atoms with van der Waals surface area (Å²) in [5.41, 5.74) is 3.45. The topological polar surface area (TPSA) is 84.2 Å². The number of ether oxygens (including phenoxy) is 1. The van der Waals surface area contributed by atoms with Gasteiger partial charge in [0.05, 0.1) is 7.11 Å². The number of nitrogens with zero attached hydrogens (tertiary/aromatic N) is 3. The van der Waals surface area contributed by atoms with E-state index in [4.69, 9.17) is 9.26 Å². The zero-order chi connectivity index (χ0) is 20.4. The van der Waals surface area contributed by atoms with Crippen molar-refractivity contribution in [1.82, 2.24) is 20.0 Å². The Morgan fingerprint density at radius 2 is 1.97 bits per heavy atom. The highest BCUT2D eigenvalue weighted by atomic mass is 16.5. The number of fused-ring (bicyclic) bond motifs is 1. The Labute approximate surface area is 168 Å². The summed E-state index contributed by atoms with van der Waals surface area (Å²) in [5, 5.41) is 4.99. The Kier molecular flexibility index (Phi) is 5.03. The smallest absolute Gasteiger partial charge is 0.270 e. The third kappa shape index (κ3) is 3.99. The fourth-order valence-electron chi connectivity index (χ4n) is 3.09. The Morgan fingerprint density at radius 3 is 2.72 bits per heavy atom. The lowest BCUT2D eigenvalue weighted by Gasteiger charge is -2.14. The van der Waals surface area contributed by atoms with Gasteiger partial charge in [-0.3, -0.25) is 4.79 Å². The first-order chi connectivity index (χ1) is 14.0. The molecule has 0 fully saturated rings. The SMILES string of the molecule is COc1ccc2cc(C(=O)N(C)CCc3noc(-c4ccc(C)cc4)n3)[nH]c2c1. The molecule has 0 atom stereocenters. The van der Waals surface area contributed by atoms with Crippen LogP contribution < -0.4 is 4.74 Å². The molecular weight excluding hydrogens is 368 g/mol. The van der Waals surface area contributed by atoms with Gasteiger partial charge < -0.3 is 19.1 Å². The molecule has 1 N–H and O–H groups in total. The molecule has 2 aromatic carbocycles. The van der Waals surface area contributed by atoms with E-state index in [-0.39, 0.29) is 5.91 Å². The number of likely N-dealkylation sites (N-methyl/N-ethyl adjacent to an activating group) is 1. The maximum absolute atomic E-state index is 12.7. The molecule has 0 spiro atoms. The molecule has 0 saturated heterocycles. The molecule has 0 unspecified atom stereocenters. The predicted octanol–water partition coefficient (Wildman–Crippen LogP) is 3.85. The zero-order valence-electron chi connectivity index (χ0n) is 16.6. The summed E-state index contributed by atoms with van der Waals surface area (Å²) in [7, 11) is 3.38. The molecule has 4 aromatic rings. The number of nitrogens with one attached hydrogen (secondary N) is 1. The molecule has 0 aliphatic rings. The summed E-state index contributed by atoms with van der Waals surface area (Å²) < 4.78 is 10.6. The molecule has 2 heterocycles. The number of aryl methyl sites for hydroxylation is 1. The molecule has 1 amide bonds. The number of carbonyl (C=O) groups is 1. The van der Waals surface area contributed by atoms with Gasteiger partial charge in [0.25, 0.3) is 11.8 Å². The van der Waals surface area contributed by atoms with Gasteiger partial charge in [0.15, 0.2) is 5.82 Å². The average molecular weight is 390 g/mol. The Balaban J connectivity index is 1.41. The van der Waals surface area contributed by atoms with Crippen molar-refractivity contribution in [3.05, 3.63) is 65.6 Å². The van der Waals surface area contributed by atoms with Crippen LogP contribution in [0.4, 0.5) is 0 Å². The molecule has 0 aliphatic carbocycles. The second kappa shape index (κ2) is 7.79. The fraction of sp³-hybridized carbons (Fsp3) is 0.227. The van der Waals surface area contributed by atoms with Crippen LogP contribution in [0.25, 0.3) is 22.4 Å². The van der Waals surface area contributed by atoms with E-state index in [1.807, 2.05) is 55.5 Å². The summed E-state index contributed by atoms with van der Waals surface area (Å²) in [5.74, 6) is 1.70. The Bertz CT molecular complexity index is 1140. The Morgan fingerprint density at radius 1 is 1.17 bits per heavy atom. The maximum atomic E-state index is 12.7. The van der Waals surface area contributed by atoms with Crippen molar-refractivity contribution in [2.45, 2.75) is 13.3 Å². The lowest BCUT2D eigenvalue weighted by molar-refractivity contribution is 0.0791. The summed E-state index contributed by atoms with van der Waals surface area (Å²) in [4.78, 5) is 22.0. The van der Waals surface area contributed by atoms with Crippen molar-refractivity contribution in [2.75, 3.05) is 20.7 Å². The van der Waals surface area contributed by atoms with Gasteiger partial charge in [-0.05, 0) is 37.3 Å². The van der Waals surface area contributed by atoms with E-state index in [1.54, 1.807) is 19.1 Å². The highest BCUT2D eigenvalue weighted by Crippen LogP contribution is 2.22. The number of hydrogen-bond donors (Lipinski definition) is 1. The van der Waals surface area contributed by atoms with Crippen LogP contribution in [0.2, 0.25) is 0 Å². The normalized spacial score (nSPS) is 11.0. The van der Waals surface area contributed by atoms with E-state index in [0.717, 1.165) is 22.2 Å². The Hall–Kier alpha value is -3.61. The van der Waals surface area contributed by atoms with Crippen molar-refractivity contribution in [3.8, 4) is 17.2 Å². The first kappa shape index (κ1) is 18.7. The lowest BCUT2D eigenvalue weighted by Crippen LogP contribution is -2.29. The van der Waals surface area contributed by atoms with Crippen molar-refractivity contribution in [1.29, 1.82) is 0 Å². The van der Waals surface area contributed by atoms with E-state index >= 15 is 0 Å². The summed E-state index contributed by atoms with van der Waals surface area (Å²) in [6.07, 6.45) is 0.506. The third-order valence-electron chi connectivity index (χ3n) is 4.84. The number of carbonyl (C=O) groups excluding carboxylic acids is 1. The number of benzene rings is 2. The number of methoxy groups -OCH3 is 1. The first-order valence-corrected chi connectivity index (χ1v) is 9.35. The van der Waals surface area contributed by atoms with Gasteiger partial charge in [-0.1, -0.05) is 22.9 Å². The molecule has 0 saturated carbocycles. The minimum atomic E-state index is -0.0950. The van der Waals surface area contributed by atoms with Crippen LogP contribution in [0.3, 0.4) is 0 Å². The molecule has 7 nitrogen and oxygen atoms in total. The highest BCUT2D eigenvalue weighted by molar-refractivity contribution is 5.98. The second-order valence-electron chi connectivity index (χ2n) is 6.99. The van der Waals surface area contributed by atoms with Crippen LogP contribution in [0, 0.1) is 6.92 Å². The molecular formula is C22H22N4O3. The van der Waals surface area contributed by atoms with Gasteiger partial charge in [-0.25, -0.2) is 0 Å². The highest BCUT2D eigenvalue weighted by Gasteiger charge is 2.16. The molecule has 7 heteroatoms. The minimum Gasteiger partial charge on any atom is -0.497 e. The van der Waals surface area contributed by atoms with Crippen LogP contribution in [-0.2, 0) is 6.42 Å². The summed E-state index contributed by atoms with van der Waals surface area (Å²) >= 11 is 0. The van der Waals surface area contributed by atoms with Crippen molar-refractivity contribution < 1.29 is 14.1 Å². The van der Waals surface area contributed by atoms with Crippen LogP contribution in [-0.4, -0.2) is 46.6 Å². The first-order valence-electron chi connectivity index (χ1n) is 9.35. The number of H-pyrrole nitrogens is 1. The maximum Gasteiger partial charge on any atom is 0.270 e. The van der Waals surface area contributed by atoms with Crippen LogP contribution >= 0.6 is 0 Å². The van der Waals surface area contributed by atoms with Crippen LogP contribution in [0.5, 0.6) is 5.75 Å². The molecule has 29 heavy (non-hydrogen) atoms. The van der Waals surface area contributed by atoms with Gasteiger partial charge >= 0.3 is 0 Å². The summed E-state index contributed by atoms with van der Waals surface area (Å²) in [6.45, 7) is 2.50. The monoisotopic (exact) mass is 390 g/mol. The number of aromatic nitrogens is 3. The van der Waals surface area contributed by atoms with Crippen LogP contribution in [0.15, 0.2) is 53.1 Å². The predicted molar refractivity (Wildman–Crippen MR) is 110 cm³/mol. The molecule has 2 aromatic heterocycles. The molecule has 148 valence electrons. The molecule has 0 radical (unpaired) electrons. The number of amides is 1. The van der Waals surface area contributed by atoms with Crippen LogP contribution in [0.1, 0.15) is 21.9 Å². The summed E-state index contributed by atoms with van der Waals surface area (Å²) in [6, 6.07) is 15.4.